The average Bonchev–Trinajstić information content (AvgIpc) is 2.90. The van der Waals surface area contributed by atoms with Crippen molar-refractivity contribution in [3.8, 4) is 0 Å². The van der Waals surface area contributed by atoms with Gasteiger partial charge in [-0.1, -0.05) is 12.8 Å². The van der Waals surface area contributed by atoms with E-state index in [0.29, 0.717) is 6.04 Å². The maximum atomic E-state index is 5.92. The highest BCUT2D eigenvalue weighted by Crippen LogP contribution is 2.27. The zero-order valence-electron chi connectivity index (χ0n) is 11.1. The lowest BCUT2D eigenvalue weighted by Gasteiger charge is -2.26. The van der Waals surface area contributed by atoms with Crippen molar-refractivity contribution in [3.05, 3.63) is 0 Å². The zero-order valence-corrected chi connectivity index (χ0v) is 11.1. The summed E-state index contributed by atoms with van der Waals surface area (Å²) in [5, 5.41) is 3.43. The Morgan fingerprint density at radius 2 is 1.88 bits per heavy atom. The number of likely N-dealkylation sites (N-methyl/N-ethyl adjacent to an activating group) is 1. The van der Waals surface area contributed by atoms with E-state index in [1.165, 1.54) is 38.5 Å². The molecule has 1 aliphatic carbocycles. The molecule has 0 amide bonds. The zero-order chi connectivity index (χ0) is 11.9. The van der Waals surface area contributed by atoms with Crippen LogP contribution in [-0.2, 0) is 9.47 Å². The lowest BCUT2D eigenvalue weighted by Crippen LogP contribution is -2.37. The van der Waals surface area contributed by atoms with Crippen molar-refractivity contribution in [3.63, 3.8) is 0 Å². The summed E-state index contributed by atoms with van der Waals surface area (Å²) < 4.78 is 11.3. The van der Waals surface area contributed by atoms with Gasteiger partial charge in [-0.3, -0.25) is 0 Å². The molecule has 3 nitrogen and oxygen atoms in total. The van der Waals surface area contributed by atoms with Crippen LogP contribution in [-0.4, -0.2) is 39.5 Å². The largest absolute Gasteiger partial charge is 0.381 e. The van der Waals surface area contributed by atoms with E-state index in [-0.39, 0.29) is 0 Å². The molecule has 0 spiro atoms. The molecule has 2 fully saturated rings. The molecule has 1 N–H and O–H groups in total. The minimum absolute atomic E-state index is 0.567. The summed E-state index contributed by atoms with van der Waals surface area (Å²) >= 11 is 0. The van der Waals surface area contributed by atoms with Gasteiger partial charge in [-0.05, 0) is 44.6 Å². The van der Waals surface area contributed by atoms with Crippen LogP contribution < -0.4 is 5.32 Å². The maximum absolute atomic E-state index is 5.92. The van der Waals surface area contributed by atoms with Crippen LogP contribution in [0.3, 0.4) is 0 Å². The number of rotatable bonds is 6. The fourth-order valence-corrected chi connectivity index (χ4v) is 3.09. The van der Waals surface area contributed by atoms with Gasteiger partial charge in [-0.15, -0.1) is 0 Å². The Labute approximate surface area is 105 Å². The van der Waals surface area contributed by atoms with Crippen LogP contribution in [0.4, 0.5) is 0 Å². The van der Waals surface area contributed by atoms with Gasteiger partial charge in [-0.25, -0.2) is 0 Å². The second-order valence-electron chi connectivity index (χ2n) is 5.53. The van der Waals surface area contributed by atoms with Gasteiger partial charge >= 0.3 is 0 Å². The molecule has 0 radical (unpaired) electrons. The van der Waals surface area contributed by atoms with Gasteiger partial charge in [0, 0.05) is 25.9 Å². The highest BCUT2D eigenvalue weighted by Gasteiger charge is 2.24. The molecule has 0 aromatic heterocycles. The summed E-state index contributed by atoms with van der Waals surface area (Å²) in [4.78, 5) is 0. The van der Waals surface area contributed by atoms with Crippen molar-refractivity contribution in [1.29, 1.82) is 0 Å². The van der Waals surface area contributed by atoms with Crippen LogP contribution in [0.15, 0.2) is 0 Å². The maximum Gasteiger partial charge on any atom is 0.0622 e. The first-order valence-electron chi connectivity index (χ1n) is 7.23. The van der Waals surface area contributed by atoms with Gasteiger partial charge in [0.1, 0.15) is 0 Å². The second kappa shape index (κ2) is 7.34. The first kappa shape index (κ1) is 13.3. The molecule has 1 saturated heterocycles. The molecule has 2 rings (SSSR count). The van der Waals surface area contributed by atoms with E-state index in [2.05, 4.69) is 12.4 Å². The SMILES string of the molecule is CNC(COCC1CCOCC1)C1CCCC1. The van der Waals surface area contributed by atoms with E-state index in [4.69, 9.17) is 9.47 Å². The Hall–Kier alpha value is -0.120. The molecule has 0 aromatic carbocycles. The third-order valence-corrected chi connectivity index (χ3v) is 4.33. The summed E-state index contributed by atoms with van der Waals surface area (Å²) in [5.41, 5.74) is 0. The molecular weight excluding hydrogens is 214 g/mol. The Morgan fingerprint density at radius 1 is 1.18 bits per heavy atom. The summed E-state index contributed by atoms with van der Waals surface area (Å²) in [6.45, 7) is 3.66. The highest BCUT2D eigenvalue weighted by molar-refractivity contribution is 4.79. The van der Waals surface area contributed by atoms with E-state index >= 15 is 0 Å². The number of hydrogen-bond donors (Lipinski definition) is 1. The molecule has 1 atom stereocenters. The van der Waals surface area contributed by atoms with E-state index in [1.54, 1.807) is 0 Å². The minimum atomic E-state index is 0.567. The van der Waals surface area contributed by atoms with Crippen molar-refractivity contribution in [2.24, 2.45) is 11.8 Å². The van der Waals surface area contributed by atoms with Crippen LogP contribution in [0.5, 0.6) is 0 Å². The van der Waals surface area contributed by atoms with Gasteiger partial charge in [0.05, 0.1) is 6.61 Å². The van der Waals surface area contributed by atoms with Gasteiger partial charge in [-0.2, -0.15) is 0 Å². The highest BCUT2D eigenvalue weighted by atomic mass is 16.5. The molecule has 1 saturated carbocycles. The average molecular weight is 241 g/mol. The topological polar surface area (TPSA) is 30.5 Å². The normalized spacial score (nSPS) is 25.2. The van der Waals surface area contributed by atoms with E-state index in [9.17, 15) is 0 Å². The predicted molar refractivity (Wildman–Crippen MR) is 69.2 cm³/mol. The van der Waals surface area contributed by atoms with E-state index < -0.39 is 0 Å². The fraction of sp³-hybridized carbons (Fsp3) is 1.00. The summed E-state index contributed by atoms with van der Waals surface area (Å²) in [7, 11) is 2.07. The third-order valence-electron chi connectivity index (χ3n) is 4.33. The fourth-order valence-electron chi connectivity index (χ4n) is 3.09. The molecule has 100 valence electrons. The van der Waals surface area contributed by atoms with Gasteiger partial charge in [0.15, 0.2) is 0 Å². The van der Waals surface area contributed by atoms with Gasteiger partial charge < -0.3 is 14.8 Å². The quantitative estimate of drug-likeness (QED) is 0.773. The van der Waals surface area contributed by atoms with Crippen LogP contribution in [0.1, 0.15) is 38.5 Å². The summed E-state index contributed by atoms with van der Waals surface area (Å²) in [5.74, 6) is 1.57. The molecule has 1 unspecified atom stereocenters. The monoisotopic (exact) mass is 241 g/mol. The van der Waals surface area contributed by atoms with Crippen molar-refractivity contribution < 1.29 is 9.47 Å². The number of hydrogen-bond acceptors (Lipinski definition) is 3. The Balaban J connectivity index is 1.61. The first-order valence-corrected chi connectivity index (χ1v) is 7.23. The smallest absolute Gasteiger partial charge is 0.0622 e. The Kier molecular flexibility index (Phi) is 5.75. The van der Waals surface area contributed by atoms with Crippen LogP contribution >= 0.6 is 0 Å². The summed E-state index contributed by atoms with van der Waals surface area (Å²) in [6, 6.07) is 0.567. The molecule has 0 aromatic rings. The van der Waals surface area contributed by atoms with Crippen molar-refractivity contribution in [2.45, 2.75) is 44.6 Å². The standard InChI is InChI=1S/C14H27NO2/c1-15-14(13-4-2-3-5-13)11-17-10-12-6-8-16-9-7-12/h12-15H,2-11H2,1H3. The minimum Gasteiger partial charge on any atom is -0.381 e. The molecule has 17 heavy (non-hydrogen) atoms. The molecule has 0 bridgehead atoms. The van der Waals surface area contributed by atoms with E-state index in [1.807, 2.05) is 0 Å². The Morgan fingerprint density at radius 3 is 2.53 bits per heavy atom. The number of nitrogens with one attached hydrogen (secondary N) is 1. The van der Waals surface area contributed by atoms with Crippen LogP contribution in [0, 0.1) is 11.8 Å². The van der Waals surface area contributed by atoms with E-state index in [0.717, 1.165) is 38.3 Å². The van der Waals surface area contributed by atoms with Gasteiger partial charge in [0.2, 0.25) is 0 Å². The summed E-state index contributed by atoms with van der Waals surface area (Å²) in [6.07, 6.45) is 7.92. The molecule has 3 heteroatoms. The lowest BCUT2D eigenvalue weighted by atomic mass is 9.98. The van der Waals surface area contributed by atoms with Crippen LogP contribution in [0.2, 0.25) is 0 Å². The van der Waals surface area contributed by atoms with Crippen molar-refractivity contribution >= 4 is 0 Å². The first-order chi connectivity index (χ1) is 8.40. The lowest BCUT2D eigenvalue weighted by molar-refractivity contribution is 0.0117. The van der Waals surface area contributed by atoms with Crippen LogP contribution in [0.25, 0.3) is 0 Å². The van der Waals surface area contributed by atoms with Crippen molar-refractivity contribution in [1.82, 2.24) is 5.32 Å². The molecular formula is C14H27NO2. The molecule has 1 heterocycles. The molecule has 2 aliphatic rings. The Bertz CT molecular complexity index is 198. The second-order valence-corrected chi connectivity index (χ2v) is 5.53. The number of ether oxygens (including phenoxy) is 2. The molecule has 1 aliphatic heterocycles. The predicted octanol–water partition coefficient (Wildman–Crippen LogP) is 2.21. The third kappa shape index (κ3) is 4.23. The van der Waals surface area contributed by atoms with Crippen molar-refractivity contribution in [2.75, 3.05) is 33.5 Å². The van der Waals surface area contributed by atoms with Gasteiger partial charge in [0.25, 0.3) is 0 Å².